The van der Waals surface area contributed by atoms with Crippen molar-refractivity contribution in [2.45, 2.75) is 13.5 Å². The van der Waals surface area contributed by atoms with Crippen molar-refractivity contribution in [1.29, 1.82) is 0 Å². The first kappa shape index (κ1) is 16.5. The summed E-state index contributed by atoms with van der Waals surface area (Å²) < 4.78 is 10.5. The highest BCUT2D eigenvalue weighted by Gasteiger charge is 2.22. The van der Waals surface area contributed by atoms with Crippen LogP contribution in [0.3, 0.4) is 0 Å². The Morgan fingerprint density at radius 2 is 2.18 bits per heavy atom. The summed E-state index contributed by atoms with van der Waals surface area (Å²) in [5.41, 5.74) is 1.49. The third-order valence-electron chi connectivity index (χ3n) is 3.33. The molecule has 1 heterocycles. The Kier molecular flexibility index (Phi) is 5.91. The largest absolute Gasteiger partial charge is 0.496 e. The minimum atomic E-state index is -0.0674. The summed E-state index contributed by atoms with van der Waals surface area (Å²) in [4.78, 5) is 18.9. The Hall–Kier alpha value is -1.92. The first-order valence-electron chi connectivity index (χ1n) is 6.97. The molecule has 5 nitrogen and oxygen atoms in total. The Morgan fingerprint density at radius 3 is 2.82 bits per heavy atom. The van der Waals surface area contributed by atoms with E-state index in [1.807, 2.05) is 24.4 Å². The van der Waals surface area contributed by atoms with Crippen LogP contribution in [0.2, 0.25) is 0 Å². The van der Waals surface area contributed by atoms with Gasteiger partial charge in [-0.05, 0) is 18.6 Å². The van der Waals surface area contributed by atoms with Gasteiger partial charge in [0, 0.05) is 25.2 Å². The summed E-state index contributed by atoms with van der Waals surface area (Å²) in [6, 6.07) is 5.59. The molecule has 0 unspecified atom stereocenters. The number of carbonyl (C=O) groups excluding carboxylic acids is 1. The van der Waals surface area contributed by atoms with E-state index in [0.29, 0.717) is 31.0 Å². The van der Waals surface area contributed by atoms with Crippen LogP contribution in [0.4, 0.5) is 0 Å². The van der Waals surface area contributed by atoms with Gasteiger partial charge in [-0.15, -0.1) is 11.3 Å². The lowest BCUT2D eigenvalue weighted by molar-refractivity contribution is 0.0676. The number of ether oxygens (including phenoxy) is 2. The molecule has 22 heavy (non-hydrogen) atoms. The SMILES string of the molecule is COCCN(Cc1nccs1)C(=O)c1c(C)cccc1OC. The van der Waals surface area contributed by atoms with E-state index in [0.717, 1.165) is 10.6 Å². The molecule has 0 saturated carbocycles. The van der Waals surface area contributed by atoms with E-state index in [1.54, 1.807) is 31.4 Å². The Balaban J connectivity index is 2.28. The van der Waals surface area contributed by atoms with E-state index in [1.165, 1.54) is 11.3 Å². The van der Waals surface area contributed by atoms with E-state index >= 15 is 0 Å². The van der Waals surface area contributed by atoms with Crippen LogP contribution in [0, 0.1) is 6.92 Å². The number of aromatic nitrogens is 1. The number of nitrogens with zero attached hydrogens (tertiary/aromatic N) is 2. The Bertz CT molecular complexity index is 614. The number of hydrogen-bond acceptors (Lipinski definition) is 5. The summed E-state index contributed by atoms with van der Waals surface area (Å²) >= 11 is 1.53. The molecule has 0 bridgehead atoms. The molecule has 0 aliphatic carbocycles. The maximum Gasteiger partial charge on any atom is 0.258 e. The van der Waals surface area contributed by atoms with Crippen molar-refractivity contribution in [3.8, 4) is 5.75 Å². The summed E-state index contributed by atoms with van der Waals surface area (Å²) in [5.74, 6) is 0.522. The number of hydrogen-bond donors (Lipinski definition) is 0. The smallest absolute Gasteiger partial charge is 0.258 e. The minimum absolute atomic E-state index is 0.0674. The van der Waals surface area contributed by atoms with Gasteiger partial charge in [-0.2, -0.15) is 0 Å². The summed E-state index contributed by atoms with van der Waals surface area (Å²) in [6.45, 7) is 3.36. The molecule has 0 atom stereocenters. The predicted octanol–water partition coefficient (Wildman–Crippen LogP) is 2.75. The lowest BCUT2D eigenvalue weighted by Crippen LogP contribution is -2.34. The zero-order valence-corrected chi connectivity index (χ0v) is 13.9. The molecular weight excluding hydrogens is 300 g/mol. The second-order valence-electron chi connectivity index (χ2n) is 4.80. The van der Waals surface area contributed by atoms with Gasteiger partial charge in [0.05, 0.1) is 25.8 Å². The topological polar surface area (TPSA) is 51.7 Å². The molecule has 118 valence electrons. The third kappa shape index (κ3) is 3.84. The minimum Gasteiger partial charge on any atom is -0.496 e. The summed E-state index contributed by atoms with van der Waals surface area (Å²) in [6.07, 6.45) is 1.74. The monoisotopic (exact) mass is 320 g/mol. The average molecular weight is 320 g/mol. The van der Waals surface area contributed by atoms with Gasteiger partial charge in [0.25, 0.3) is 5.91 Å². The van der Waals surface area contributed by atoms with Crippen molar-refractivity contribution in [1.82, 2.24) is 9.88 Å². The molecule has 0 aliphatic rings. The van der Waals surface area contributed by atoms with Crippen molar-refractivity contribution < 1.29 is 14.3 Å². The highest BCUT2D eigenvalue weighted by atomic mass is 32.1. The fourth-order valence-corrected chi connectivity index (χ4v) is 2.82. The van der Waals surface area contributed by atoms with Crippen LogP contribution < -0.4 is 4.74 Å². The predicted molar refractivity (Wildman–Crippen MR) is 86.5 cm³/mol. The van der Waals surface area contributed by atoms with Crippen LogP contribution in [0.25, 0.3) is 0 Å². The summed E-state index contributed by atoms with van der Waals surface area (Å²) in [5, 5.41) is 2.81. The molecule has 2 aromatic rings. The third-order valence-corrected chi connectivity index (χ3v) is 4.09. The number of methoxy groups -OCH3 is 2. The molecule has 1 aromatic carbocycles. The fraction of sp³-hybridized carbons (Fsp3) is 0.375. The van der Waals surface area contributed by atoms with E-state index in [2.05, 4.69) is 4.98 Å². The van der Waals surface area contributed by atoms with Gasteiger partial charge in [-0.25, -0.2) is 4.98 Å². The zero-order valence-electron chi connectivity index (χ0n) is 13.0. The van der Waals surface area contributed by atoms with Crippen molar-refractivity contribution in [3.05, 3.63) is 45.9 Å². The van der Waals surface area contributed by atoms with Crippen LogP contribution in [-0.4, -0.2) is 43.2 Å². The molecule has 1 aromatic heterocycles. The van der Waals surface area contributed by atoms with Gasteiger partial charge in [-0.3, -0.25) is 4.79 Å². The maximum absolute atomic E-state index is 12.9. The number of rotatable bonds is 7. The molecule has 0 radical (unpaired) electrons. The molecule has 0 saturated heterocycles. The van der Waals surface area contributed by atoms with Crippen LogP contribution in [0.15, 0.2) is 29.8 Å². The molecule has 0 N–H and O–H groups in total. The number of aryl methyl sites for hydroxylation is 1. The van der Waals surface area contributed by atoms with Crippen LogP contribution in [0.5, 0.6) is 5.75 Å². The first-order valence-corrected chi connectivity index (χ1v) is 7.85. The van der Waals surface area contributed by atoms with Gasteiger partial charge in [0.1, 0.15) is 10.8 Å². The average Bonchev–Trinajstić information content (AvgIpc) is 3.03. The summed E-state index contributed by atoms with van der Waals surface area (Å²) in [7, 11) is 3.20. The van der Waals surface area contributed by atoms with Gasteiger partial charge < -0.3 is 14.4 Å². The number of amides is 1. The Morgan fingerprint density at radius 1 is 1.36 bits per heavy atom. The molecule has 1 amide bonds. The highest BCUT2D eigenvalue weighted by molar-refractivity contribution is 7.09. The highest BCUT2D eigenvalue weighted by Crippen LogP contribution is 2.24. The van der Waals surface area contributed by atoms with Crippen LogP contribution in [0.1, 0.15) is 20.9 Å². The van der Waals surface area contributed by atoms with Gasteiger partial charge in [-0.1, -0.05) is 12.1 Å². The van der Waals surface area contributed by atoms with Gasteiger partial charge in [0.2, 0.25) is 0 Å². The van der Waals surface area contributed by atoms with Crippen molar-refractivity contribution in [2.75, 3.05) is 27.4 Å². The van der Waals surface area contributed by atoms with E-state index in [9.17, 15) is 4.79 Å². The molecule has 0 spiro atoms. The van der Waals surface area contributed by atoms with E-state index in [4.69, 9.17) is 9.47 Å². The van der Waals surface area contributed by atoms with Crippen molar-refractivity contribution >= 4 is 17.2 Å². The molecule has 0 fully saturated rings. The normalized spacial score (nSPS) is 10.5. The van der Waals surface area contributed by atoms with Gasteiger partial charge >= 0.3 is 0 Å². The van der Waals surface area contributed by atoms with E-state index in [-0.39, 0.29) is 5.91 Å². The fourth-order valence-electron chi connectivity index (χ4n) is 2.19. The molecule has 2 rings (SSSR count). The number of thiazole rings is 1. The number of benzene rings is 1. The standard InChI is InChI=1S/C16H20N2O3S/c1-12-5-4-6-13(21-3)15(12)16(19)18(8-9-20-2)11-14-17-7-10-22-14/h4-7,10H,8-9,11H2,1-3H3. The molecular formula is C16H20N2O3S. The lowest BCUT2D eigenvalue weighted by Gasteiger charge is -2.23. The lowest BCUT2D eigenvalue weighted by atomic mass is 10.1. The van der Waals surface area contributed by atoms with Crippen molar-refractivity contribution in [2.24, 2.45) is 0 Å². The quantitative estimate of drug-likeness (QED) is 0.787. The van der Waals surface area contributed by atoms with Gasteiger partial charge in [0.15, 0.2) is 0 Å². The second kappa shape index (κ2) is 7.91. The maximum atomic E-state index is 12.9. The number of carbonyl (C=O) groups is 1. The first-order chi connectivity index (χ1) is 10.7. The molecule has 6 heteroatoms. The van der Waals surface area contributed by atoms with Crippen molar-refractivity contribution in [3.63, 3.8) is 0 Å². The molecule has 0 aliphatic heterocycles. The van der Waals surface area contributed by atoms with Crippen LogP contribution in [-0.2, 0) is 11.3 Å². The Labute approximate surface area is 134 Å². The zero-order chi connectivity index (χ0) is 15.9. The second-order valence-corrected chi connectivity index (χ2v) is 5.78. The van der Waals surface area contributed by atoms with Crippen LogP contribution >= 0.6 is 11.3 Å². The van der Waals surface area contributed by atoms with E-state index < -0.39 is 0 Å².